The van der Waals surface area contributed by atoms with Crippen LogP contribution in [0, 0.1) is 9.39 Å². The zero-order valence-electron chi connectivity index (χ0n) is 14.8. The lowest BCUT2D eigenvalue weighted by molar-refractivity contribution is 0.0894. The summed E-state index contributed by atoms with van der Waals surface area (Å²) < 4.78 is 21.9. The van der Waals surface area contributed by atoms with Crippen LogP contribution < -0.4 is 4.90 Å². The Balaban J connectivity index is 2.21. The lowest BCUT2D eigenvalue weighted by Gasteiger charge is -2.22. The van der Waals surface area contributed by atoms with Gasteiger partial charge in [-0.15, -0.1) is 5.10 Å². The third-order valence-electron chi connectivity index (χ3n) is 3.51. The molecular weight excluding hydrogens is 454 g/mol. The zero-order valence-corrected chi connectivity index (χ0v) is 17.9. The first-order valence-corrected chi connectivity index (χ1v) is 12.7. The maximum atomic E-state index is 14.2. The molecule has 25 heavy (non-hydrogen) atoms. The van der Waals surface area contributed by atoms with Crippen LogP contribution in [-0.2, 0) is 11.8 Å². The van der Waals surface area contributed by atoms with Gasteiger partial charge in [0.1, 0.15) is 12.5 Å². The van der Waals surface area contributed by atoms with Crippen molar-refractivity contribution in [3.63, 3.8) is 0 Å². The third-order valence-corrected chi connectivity index (χ3v) is 6.11. The van der Waals surface area contributed by atoms with Crippen LogP contribution in [0.3, 0.4) is 0 Å². The van der Waals surface area contributed by atoms with E-state index in [1.165, 1.54) is 15.6 Å². The fourth-order valence-corrected chi connectivity index (χ4v) is 3.51. The Morgan fingerprint density at radius 3 is 2.68 bits per heavy atom. The SMILES string of the molecule is Cn1cc(N(COCC[Si](C)(C)C)C(=O)c2c(F)cccc2I)nn1. The quantitative estimate of drug-likeness (QED) is 0.266. The summed E-state index contributed by atoms with van der Waals surface area (Å²) in [6.45, 7) is 7.32. The van der Waals surface area contributed by atoms with Crippen LogP contribution in [0.15, 0.2) is 24.4 Å². The maximum Gasteiger partial charge on any atom is 0.265 e. The van der Waals surface area contributed by atoms with Crippen molar-refractivity contribution < 1.29 is 13.9 Å². The number of anilines is 1. The van der Waals surface area contributed by atoms with Gasteiger partial charge in [0, 0.05) is 25.3 Å². The summed E-state index contributed by atoms with van der Waals surface area (Å²) in [7, 11) is 0.471. The summed E-state index contributed by atoms with van der Waals surface area (Å²) in [4.78, 5) is 14.2. The maximum absolute atomic E-state index is 14.2. The van der Waals surface area contributed by atoms with Crippen LogP contribution in [0.2, 0.25) is 25.7 Å². The van der Waals surface area contributed by atoms with Crippen LogP contribution in [0.4, 0.5) is 10.2 Å². The molecule has 136 valence electrons. The second kappa shape index (κ2) is 8.36. The molecule has 0 atom stereocenters. The van der Waals surface area contributed by atoms with E-state index in [2.05, 4.69) is 30.0 Å². The topological polar surface area (TPSA) is 60.2 Å². The minimum atomic E-state index is -1.24. The molecule has 0 unspecified atom stereocenters. The summed E-state index contributed by atoms with van der Waals surface area (Å²) in [6, 6.07) is 5.52. The van der Waals surface area contributed by atoms with Crippen molar-refractivity contribution >= 4 is 42.4 Å². The standard InChI is InChI=1S/C16H22FIN4O2Si/c1-21-10-14(19-20-21)22(11-24-8-9-25(2,3)4)16(23)15-12(17)6-5-7-13(15)18/h5-7,10H,8-9,11H2,1-4H3. The van der Waals surface area contributed by atoms with Crippen molar-refractivity contribution in [1.82, 2.24) is 15.0 Å². The molecule has 0 radical (unpaired) electrons. The number of halogens is 2. The van der Waals surface area contributed by atoms with E-state index in [0.29, 0.717) is 16.0 Å². The molecule has 1 aromatic heterocycles. The highest BCUT2D eigenvalue weighted by Crippen LogP contribution is 2.21. The fraction of sp³-hybridized carbons (Fsp3) is 0.438. The lowest BCUT2D eigenvalue weighted by Crippen LogP contribution is -2.35. The minimum Gasteiger partial charge on any atom is -0.361 e. The van der Waals surface area contributed by atoms with Crippen molar-refractivity contribution in [2.75, 3.05) is 18.2 Å². The molecule has 1 amide bonds. The Kier molecular flexibility index (Phi) is 6.69. The Morgan fingerprint density at radius 1 is 1.40 bits per heavy atom. The van der Waals surface area contributed by atoms with Crippen molar-refractivity contribution in [3.05, 3.63) is 39.3 Å². The van der Waals surface area contributed by atoms with E-state index in [1.54, 1.807) is 25.4 Å². The largest absolute Gasteiger partial charge is 0.361 e. The highest BCUT2D eigenvalue weighted by atomic mass is 127. The number of ether oxygens (including phenoxy) is 1. The van der Waals surface area contributed by atoms with Gasteiger partial charge in [-0.1, -0.05) is 30.9 Å². The Labute approximate surface area is 161 Å². The molecule has 0 aliphatic rings. The van der Waals surface area contributed by atoms with Gasteiger partial charge in [0.05, 0.1) is 11.8 Å². The molecule has 0 spiro atoms. The van der Waals surface area contributed by atoms with Crippen molar-refractivity contribution in [3.8, 4) is 0 Å². The Morgan fingerprint density at radius 2 is 2.12 bits per heavy atom. The van der Waals surface area contributed by atoms with Crippen LogP contribution in [0.5, 0.6) is 0 Å². The number of nitrogens with zero attached hydrogens (tertiary/aromatic N) is 4. The number of rotatable bonds is 7. The van der Waals surface area contributed by atoms with E-state index < -0.39 is 19.8 Å². The monoisotopic (exact) mass is 476 g/mol. The number of amides is 1. The summed E-state index contributed by atoms with van der Waals surface area (Å²) in [5.41, 5.74) is 0.0162. The van der Waals surface area contributed by atoms with Crippen LogP contribution >= 0.6 is 22.6 Å². The number of benzene rings is 1. The molecule has 0 saturated carbocycles. The van der Waals surface area contributed by atoms with Gasteiger partial charge in [-0.05, 0) is 40.8 Å². The predicted octanol–water partition coefficient (Wildman–Crippen LogP) is 3.52. The first-order valence-electron chi connectivity index (χ1n) is 7.89. The minimum absolute atomic E-state index is 0.00637. The van der Waals surface area contributed by atoms with E-state index in [-0.39, 0.29) is 12.3 Å². The first kappa shape index (κ1) is 20.0. The molecule has 2 aromatic rings. The number of aryl methyl sites for hydroxylation is 1. The van der Waals surface area contributed by atoms with E-state index in [9.17, 15) is 9.18 Å². The molecule has 0 N–H and O–H groups in total. The second-order valence-corrected chi connectivity index (χ2v) is 13.7. The number of hydrogen-bond donors (Lipinski definition) is 0. The van der Waals surface area contributed by atoms with Gasteiger partial charge in [-0.25, -0.2) is 4.39 Å². The predicted molar refractivity (Wildman–Crippen MR) is 106 cm³/mol. The van der Waals surface area contributed by atoms with Gasteiger partial charge in [0.25, 0.3) is 5.91 Å². The second-order valence-electron chi connectivity index (χ2n) is 6.93. The zero-order chi connectivity index (χ0) is 18.6. The average molecular weight is 476 g/mol. The third kappa shape index (κ3) is 5.58. The van der Waals surface area contributed by atoms with Gasteiger partial charge in [0.15, 0.2) is 5.82 Å². The Hall–Kier alpha value is -1.33. The highest BCUT2D eigenvalue weighted by Gasteiger charge is 2.25. The number of carbonyl (C=O) groups excluding carboxylic acids is 1. The molecule has 0 bridgehead atoms. The van der Waals surface area contributed by atoms with E-state index >= 15 is 0 Å². The van der Waals surface area contributed by atoms with E-state index in [4.69, 9.17) is 4.74 Å². The van der Waals surface area contributed by atoms with Crippen molar-refractivity contribution in [2.45, 2.75) is 25.7 Å². The van der Waals surface area contributed by atoms with Crippen molar-refractivity contribution in [1.29, 1.82) is 0 Å². The number of carbonyl (C=O) groups is 1. The average Bonchev–Trinajstić information content (AvgIpc) is 2.92. The first-order chi connectivity index (χ1) is 11.7. The number of aromatic nitrogens is 3. The molecule has 0 fully saturated rings. The van der Waals surface area contributed by atoms with Crippen LogP contribution in [-0.4, -0.2) is 42.3 Å². The molecule has 0 aliphatic carbocycles. The Bertz CT molecular complexity index is 728. The van der Waals surface area contributed by atoms with Crippen LogP contribution in [0.1, 0.15) is 10.4 Å². The van der Waals surface area contributed by atoms with E-state index in [0.717, 1.165) is 6.04 Å². The van der Waals surface area contributed by atoms with E-state index in [1.807, 2.05) is 22.6 Å². The lowest BCUT2D eigenvalue weighted by atomic mass is 10.2. The molecule has 2 rings (SSSR count). The van der Waals surface area contributed by atoms with Gasteiger partial charge in [0.2, 0.25) is 0 Å². The molecule has 1 heterocycles. The smallest absolute Gasteiger partial charge is 0.265 e. The summed E-state index contributed by atoms with van der Waals surface area (Å²) in [6.07, 6.45) is 1.60. The number of hydrogen-bond acceptors (Lipinski definition) is 4. The molecule has 1 aromatic carbocycles. The van der Waals surface area contributed by atoms with Gasteiger partial charge >= 0.3 is 0 Å². The molecule has 0 aliphatic heterocycles. The van der Waals surface area contributed by atoms with Crippen LogP contribution in [0.25, 0.3) is 0 Å². The van der Waals surface area contributed by atoms with Gasteiger partial charge in [-0.2, -0.15) is 0 Å². The highest BCUT2D eigenvalue weighted by molar-refractivity contribution is 14.1. The summed E-state index contributed by atoms with van der Waals surface area (Å²) in [5.74, 6) is -0.719. The summed E-state index contributed by atoms with van der Waals surface area (Å²) >= 11 is 1.95. The fourth-order valence-electron chi connectivity index (χ4n) is 2.06. The van der Waals surface area contributed by atoms with Gasteiger partial charge < -0.3 is 4.74 Å². The van der Waals surface area contributed by atoms with Gasteiger partial charge in [-0.3, -0.25) is 14.4 Å². The summed E-state index contributed by atoms with van der Waals surface area (Å²) in [5, 5.41) is 7.83. The molecule has 6 nitrogen and oxygen atoms in total. The molecule has 9 heteroatoms. The van der Waals surface area contributed by atoms with Crippen molar-refractivity contribution in [2.24, 2.45) is 7.05 Å². The molecular formula is C16H22FIN4O2Si. The normalized spacial score (nSPS) is 11.6. The molecule has 0 saturated heterocycles.